The van der Waals surface area contributed by atoms with Crippen molar-refractivity contribution in [3.05, 3.63) is 84.2 Å². The Hall–Kier alpha value is -3.47. The highest BCUT2D eigenvalue weighted by Crippen LogP contribution is 2.22. The summed E-state index contributed by atoms with van der Waals surface area (Å²) in [5.41, 5.74) is 6.56. The Balaban J connectivity index is 1.52. The molecular formula is C22H19N5. The van der Waals surface area contributed by atoms with Gasteiger partial charge in [0.2, 0.25) is 0 Å². The van der Waals surface area contributed by atoms with Crippen LogP contribution in [0.4, 0.5) is 0 Å². The van der Waals surface area contributed by atoms with Crippen molar-refractivity contribution in [2.24, 2.45) is 0 Å². The van der Waals surface area contributed by atoms with E-state index in [4.69, 9.17) is 0 Å². The van der Waals surface area contributed by atoms with Gasteiger partial charge in [-0.05, 0) is 49.7 Å². The number of imidazole rings is 2. The fourth-order valence-electron chi connectivity index (χ4n) is 3.71. The molecule has 2 aromatic carbocycles. The van der Waals surface area contributed by atoms with Gasteiger partial charge in [0.05, 0.1) is 22.7 Å². The number of hydrogen-bond acceptors (Lipinski definition) is 3. The molecule has 0 saturated heterocycles. The largest absolute Gasteiger partial charge is 0.324 e. The summed E-state index contributed by atoms with van der Waals surface area (Å²) in [6.45, 7) is 4.89. The predicted octanol–water partition coefficient (Wildman–Crippen LogP) is 4.44. The molecule has 0 aliphatic rings. The van der Waals surface area contributed by atoms with Crippen LogP contribution in [0.2, 0.25) is 0 Å². The van der Waals surface area contributed by atoms with E-state index in [1.54, 1.807) is 12.4 Å². The van der Waals surface area contributed by atoms with Crippen molar-refractivity contribution in [1.82, 2.24) is 24.1 Å². The minimum absolute atomic E-state index is 0.806. The Bertz CT molecular complexity index is 1260. The topological polar surface area (TPSA) is 48.5 Å². The lowest BCUT2D eigenvalue weighted by Crippen LogP contribution is -2.03. The Morgan fingerprint density at radius 2 is 1.56 bits per heavy atom. The number of fused-ring (bicyclic) bond motifs is 2. The van der Waals surface area contributed by atoms with Crippen LogP contribution in [0.1, 0.15) is 17.2 Å². The zero-order valence-corrected chi connectivity index (χ0v) is 15.3. The molecule has 132 valence electrons. The van der Waals surface area contributed by atoms with Crippen LogP contribution in [0.5, 0.6) is 0 Å². The maximum atomic E-state index is 4.66. The molecule has 0 spiro atoms. The van der Waals surface area contributed by atoms with Crippen LogP contribution in [-0.4, -0.2) is 24.1 Å². The zero-order chi connectivity index (χ0) is 18.4. The van der Waals surface area contributed by atoms with E-state index in [1.807, 2.05) is 19.1 Å². The lowest BCUT2D eigenvalue weighted by Gasteiger charge is -2.10. The van der Waals surface area contributed by atoms with Gasteiger partial charge in [0.1, 0.15) is 17.2 Å². The van der Waals surface area contributed by atoms with Gasteiger partial charge in [-0.15, -0.1) is 0 Å². The first kappa shape index (κ1) is 15.8. The number of para-hydroxylation sites is 2. The highest BCUT2D eigenvalue weighted by Gasteiger charge is 2.10. The van der Waals surface area contributed by atoms with E-state index in [2.05, 4.69) is 73.5 Å². The molecule has 0 bridgehead atoms. The molecule has 27 heavy (non-hydrogen) atoms. The van der Waals surface area contributed by atoms with E-state index in [0.717, 1.165) is 40.4 Å². The minimum Gasteiger partial charge on any atom is -0.324 e. The van der Waals surface area contributed by atoms with Gasteiger partial charge in [-0.3, -0.25) is 9.55 Å². The van der Waals surface area contributed by atoms with Crippen LogP contribution in [0.15, 0.2) is 67.0 Å². The van der Waals surface area contributed by atoms with Crippen LogP contribution >= 0.6 is 0 Å². The molecule has 0 saturated carbocycles. The number of nitrogens with zero attached hydrogens (tertiary/aromatic N) is 5. The first-order valence-electron chi connectivity index (χ1n) is 9.01. The average Bonchev–Trinajstić information content (AvgIpc) is 3.18. The third kappa shape index (κ3) is 2.59. The molecule has 5 nitrogen and oxygen atoms in total. The van der Waals surface area contributed by atoms with Gasteiger partial charge in [0.25, 0.3) is 0 Å². The minimum atomic E-state index is 0.806. The van der Waals surface area contributed by atoms with Crippen LogP contribution in [0.25, 0.3) is 27.8 Å². The van der Waals surface area contributed by atoms with E-state index >= 15 is 0 Å². The number of hydrogen-bond donors (Lipinski definition) is 0. The van der Waals surface area contributed by atoms with Crippen LogP contribution in [0.3, 0.4) is 0 Å². The smallest absolute Gasteiger partial charge is 0.111 e. The number of pyridine rings is 1. The average molecular weight is 353 g/mol. The number of aryl methyl sites for hydroxylation is 2. The molecule has 3 heterocycles. The third-order valence-corrected chi connectivity index (χ3v) is 5.01. The van der Waals surface area contributed by atoms with Crippen molar-refractivity contribution in [3.63, 3.8) is 0 Å². The molecule has 3 aromatic heterocycles. The molecule has 5 heteroatoms. The zero-order valence-electron chi connectivity index (χ0n) is 15.3. The monoisotopic (exact) mass is 353 g/mol. The predicted molar refractivity (Wildman–Crippen MR) is 107 cm³/mol. The molecule has 0 aliphatic carbocycles. The van der Waals surface area contributed by atoms with Crippen molar-refractivity contribution in [1.29, 1.82) is 0 Å². The Morgan fingerprint density at radius 1 is 0.778 bits per heavy atom. The fourth-order valence-corrected chi connectivity index (χ4v) is 3.71. The molecule has 0 aliphatic heterocycles. The Morgan fingerprint density at radius 3 is 2.41 bits per heavy atom. The normalized spacial score (nSPS) is 11.5. The van der Waals surface area contributed by atoms with E-state index in [0.29, 0.717) is 0 Å². The third-order valence-electron chi connectivity index (χ3n) is 5.01. The number of aromatic nitrogens is 5. The van der Waals surface area contributed by atoms with E-state index in [1.165, 1.54) is 11.1 Å². The van der Waals surface area contributed by atoms with E-state index in [-0.39, 0.29) is 0 Å². The standard InChI is InChI=1S/C22H19N5/c1-15-24-19-5-3-4-6-21(19)26(15)14-17-7-9-18(10-8-17)27-16(2)25-20-13-23-12-11-22(20)27/h3-13H,14H2,1-2H3. The van der Waals surface area contributed by atoms with Crippen LogP contribution < -0.4 is 0 Å². The molecule has 0 N–H and O–H groups in total. The molecule has 0 radical (unpaired) electrons. The second-order valence-corrected chi connectivity index (χ2v) is 6.76. The van der Waals surface area contributed by atoms with E-state index < -0.39 is 0 Å². The van der Waals surface area contributed by atoms with Gasteiger partial charge < -0.3 is 4.57 Å². The molecule has 0 atom stereocenters. The van der Waals surface area contributed by atoms with Gasteiger partial charge in [-0.25, -0.2) is 9.97 Å². The van der Waals surface area contributed by atoms with Crippen LogP contribution in [0, 0.1) is 13.8 Å². The molecule has 5 rings (SSSR count). The maximum absolute atomic E-state index is 4.66. The van der Waals surface area contributed by atoms with Gasteiger partial charge in [-0.2, -0.15) is 0 Å². The molecule has 0 fully saturated rings. The number of rotatable bonds is 3. The van der Waals surface area contributed by atoms with Crippen molar-refractivity contribution < 1.29 is 0 Å². The molecule has 5 aromatic rings. The van der Waals surface area contributed by atoms with Crippen molar-refractivity contribution >= 4 is 22.1 Å². The van der Waals surface area contributed by atoms with Gasteiger partial charge in [0, 0.05) is 18.4 Å². The first-order valence-corrected chi connectivity index (χ1v) is 9.01. The van der Waals surface area contributed by atoms with Gasteiger partial charge >= 0.3 is 0 Å². The summed E-state index contributed by atoms with van der Waals surface area (Å²) in [4.78, 5) is 13.4. The quantitative estimate of drug-likeness (QED) is 0.482. The first-order chi connectivity index (χ1) is 13.2. The summed E-state index contributed by atoms with van der Waals surface area (Å²) in [5.74, 6) is 1.99. The molecule has 0 amide bonds. The Labute approximate surface area is 157 Å². The van der Waals surface area contributed by atoms with Gasteiger partial charge in [0.15, 0.2) is 0 Å². The summed E-state index contributed by atoms with van der Waals surface area (Å²) >= 11 is 0. The second-order valence-electron chi connectivity index (χ2n) is 6.76. The summed E-state index contributed by atoms with van der Waals surface area (Å²) in [6.07, 6.45) is 3.61. The fraction of sp³-hybridized carbons (Fsp3) is 0.136. The van der Waals surface area contributed by atoms with E-state index in [9.17, 15) is 0 Å². The maximum Gasteiger partial charge on any atom is 0.111 e. The van der Waals surface area contributed by atoms with Gasteiger partial charge in [-0.1, -0.05) is 24.3 Å². The summed E-state index contributed by atoms with van der Waals surface area (Å²) in [5, 5.41) is 0. The van der Waals surface area contributed by atoms with Crippen molar-refractivity contribution in [2.75, 3.05) is 0 Å². The van der Waals surface area contributed by atoms with Crippen LogP contribution in [-0.2, 0) is 6.54 Å². The summed E-state index contributed by atoms with van der Waals surface area (Å²) in [6, 6.07) is 18.9. The SMILES string of the molecule is Cc1nc2ccccc2n1Cc1ccc(-n2c(C)nc3cnccc32)cc1. The molecule has 0 unspecified atom stereocenters. The summed E-state index contributed by atoms with van der Waals surface area (Å²) < 4.78 is 4.42. The second kappa shape index (κ2) is 6.06. The highest BCUT2D eigenvalue weighted by atomic mass is 15.1. The Kier molecular flexibility index (Phi) is 3.53. The van der Waals surface area contributed by atoms with Crippen molar-refractivity contribution in [2.45, 2.75) is 20.4 Å². The number of benzene rings is 2. The van der Waals surface area contributed by atoms with Crippen molar-refractivity contribution in [3.8, 4) is 5.69 Å². The highest BCUT2D eigenvalue weighted by molar-refractivity contribution is 5.77. The molecular weight excluding hydrogens is 334 g/mol. The lowest BCUT2D eigenvalue weighted by molar-refractivity contribution is 0.785. The lowest BCUT2D eigenvalue weighted by atomic mass is 10.2. The summed E-state index contributed by atoms with van der Waals surface area (Å²) in [7, 11) is 0.